The molecule has 10 rings (SSSR count). The van der Waals surface area contributed by atoms with Gasteiger partial charge in [-0.05, 0) is 80.6 Å². The van der Waals surface area contributed by atoms with Gasteiger partial charge >= 0.3 is 0 Å². The molecule has 9 aromatic rings. The number of aliphatic imine (C=N–C) groups is 2. The Morgan fingerprint density at radius 2 is 0.887 bits per heavy atom. The quantitative estimate of drug-likeness (QED) is 0.190. The number of nitrogens with zero attached hydrogens (tertiary/aromatic N) is 2. The van der Waals surface area contributed by atoms with E-state index in [0.717, 1.165) is 77.9 Å². The molecule has 1 atom stereocenters. The summed E-state index contributed by atoms with van der Waals surface area (Å²) < 4.78 is 6.51. The number of hydrogen-bond acceptors (Lipinski definition) is 4. The molecular formula is C49H33N3O. The van der Waals surface area contributed by atoms with Crippen LogP contribution < -0.4 is 5.32 Å². The third-order valence-electron chi connectivity index (χ3n) is 10.1. The minimum Gasteiger partial charge on any atom is -0.456 e. The summed E-state index contributed by atoms with van der Waals surface area (Å²) in [6.07, 6.45) is -0.537. The Bertz CT molecular complexity index is 2850. The number of amidine groups is 2. The second-order valence-corrected chi connectivity index (χ2v) is 13.4. The summed E-state index contributed by atoms with van der Waals surface area (Å²) in [5.41, 5.74) is 11.5. The first-order valence-corrected chi connectivity index (χ1v) is 17.9. The van der Waals surface area contributed by atoms with Crippen LogP contribution in [0.25, 0.3) is 66.1 Å². The normalized spacial score (nSPS) is 14.2. The number of benzene rings is 8. The van der Waals surface area contributed by atoms with E-state index in [0.29, 0.717) is 0 Å². The summed E-state index contributed by atoms with van der Waals surface area (Å²) in [6, 6.07) is 65.8. The molecule has 0 amide bonds. The molecule has 4 heteroatoms. The van der Waals surface area contributed by atoms with E-state index in [1.54, 1.807) is 0 Å². The molecule has 0 fully saturated rings. The van der Waals surface area contributed by atoms with Gasteiger partial charge in [-0.1, -0.05) is 152 Å². The maximum atomic E-state index is 6.51. The van der Waals surface area contributed by atoms with Gasteiger partial charge in [0.1, 0.15) is 22.8 Å². The Morgan fingerprint density at radius 3 is 1.57 bits per heavy atom. The molecule has 1 unspecified atom stereocenters. The molecule has 1 aromatic heterocycles. The van der Waals surface area contributed by atoms with Gasteiger partial charge in [0, 0.05) is 27.5 Å². The highest BCUT2D eigenvalue weighted by Crippen LogP contribution is 2.40. The lowest BCUT2D eigenvalue weighted by molar-refractivity contribution is 0.668. The predicted octanol–water partition coefficient (Wildman–Crippen LogP) is 12.2. The highest BCUT2D eigenvalue weighted by molar-refractivity contribution is 6.17. The molecular weight excluding hydrogens is 647 g/mol. The molecule has 0 bridgehead atoms. The second kappa shape index (κ2) is 12.9. The Balaban J connectivity index is 1.15. The van der Waals surface area contributed by atoms with Gasteiger partial charge in [0.05, 0.1) is 0 Å². The molecule has 0 aliphatic carbocycles. The molecule has 2 heterocycles. The van der Waals surface area contributed by atoms with E-state index in [1.807, 2.05) is 24.3 Å². The van der Waals surface area contributed by atoms with Gasteiger partial charge in [-0.2, -0.15) is 0 Å². The first-order valence-electron chi connectivity index (χ1n) is 17.9. The van der Waals surface area contributed by atoms with E-state index in [4.69, 9.17) is 14.4 Å². The van der Waals surface area contributed by atoms with E-state index in [9.17, 15) is 0 Å². The SMILES string of the molecule is c1ccc(-c2cccc(C3=NC(c4cc(-c5ccccc5)cc5oc6ccccc6c45)N=C(c4ccc5cc(-c6ccccc6)ccc5c4)N3)c2)cc1. The molecule has 53 heavy (non-hydrogen) atoms. The zero-order chi connectivity index (χ0) is 35.1. The molecule has 0 spiro atoms. The van der Waals surface area contributed by atoms with Crippen LogP contribution in [0.1, 0.15) is 22.9 Å². The number of para-hydroxylation sites is 1. The van der Waals surface area contributed by atoms with Crippen LogP contribution in [0.5, 0.6) is 0 Å². The van der Waals surface area contributed by atoms with Crippen LogP contribution >= 0.6 is 0 Å². The van der Waals surface area contributed by atoms with E-state index < -0.39 is 6.17 Å². The van der Waals surface area contributed by atoms with Crippen molar-refractivity contribution in [3.05, 3.63) is 205 Å². The average Bonchev–Trinajstić information content (AvgIpc) is 3.62. The summed E-state index contributed by atoms with van der Waals surface area (Å²) in [7, 11) is 0. The van der Waals surface area contributed by atoms with Crippen molar-refractivity contribution >= 4 is 44.4 Å². The third-order valence-corrected chi connectivity index (χ3v) is 10.1. The van der Waals surface area contributed by atoms with Crippen LogP contribution in [-0.2, 0) is 0 Å². The Kier molecular flexibility index (Phi) is 7.51. The van der Waals surface area contributed by atoms with Crippen molar-refractivity contribution in [3.63, 3.8) is 0 Å². The molecule has 8 aromatic carbocycles. The van der Waals surface area contributed by atoms with Crippen LogP contribution in [0.15, 0.2) is 202 Å². The van der Waals surface area contributed by atoms with Crippen molar-refractivity contribution in [1.82, 2.24) is 5.32 Å². The van der Waals surface area contributed by atoms with Crippen LogP contribution in [0.3, 0.4) is 0 Å². The van der Waals surface area contributed by atoms with Gasteiger partial charge in [0.2, 0.25) is 0 Å². The third kappa shape index (κ3) is 5.77. The molecule has 1 aliphatic heterocycles. The van der Waals surface area contributed by atoms with Crippen LogP contribution in [0, 0.1) is 0 Å². The predicted molar refractivity (Wildman–Crippen MR) is 219 cm³/mol. The minimum atomic E-state index is -0.537. The smallest absolute Gasteiger partial charge is 0.170 e. The van der Waals surface area contributed by atoms with Gasteiger partial charge in [-0.3, -0.25) is 0 Å². The molecule has 1 aliphatic rings. The largest absolute Gasteiger partial charge is 0.456 e. The maximum absolute atomic E-state index is 6.51. The van der Waals surface area contributed by atoms with Gasteiger partial charge in [-0.25, -0.2) is 9.98 Å². The van der Waals surface area contributed by atoms with E-state index in [2.05, 4.69) is 169 Å². The van der Waals surface area contributed by atoms with Crippen molar-refractivity contribution in [3.8, 4) is 33.4 Å². The van der Waals surface area contributed by atoms with Crippen LogP contribution in [0.2, 0.25) is 0 Å². The number of hydrogen-bond donors (Lipinski definition) is 1. The zero-order valence-corrected chi connectivity index (χ0v) is 28.8. The number of rotatable bonds is 6. The molecule has 0 saturated heterocycles. The first kappa shape index (κ1) is 30.8. The van der Waals surface area contributed by atoms with Crippen LogP contribution in [-0.4, -0.2) is 11.7 Å². The summed E-state index contributed by atoms with van der Waals surface area (Å²) in [5, 5.41) is 8.07. The summed E-state index contributed by atoms with van der Waals surface area (Å²) in [4.78, 5) is 10.8. The van der Waals surface area contributed by atoms with Gasteiger partial charge < -0.3 is 9.73 Å². The molecule has 250 valence electrons. The van der Waals surface area contributed by atoms with Crippen molar-refractivity contribution in [2.24, 2.45) is 9.98 Å². The average molecular weight is 680 g/mol. The van der Waals surface area contributed by atoms with Crippen molar-refractivity contribution < 1.29 is 4.42 Å². The summed E-state index contributed by atoms with van der Waals surface area (Å²) in [5.74, 6) is 1.54. The maximum Gasteiger partial charge on any atom is 0.170 e. The number of nitrogens with one attached hydrogen (secondary N) is 1. The van der Waals surface area contributed by atoms with Gasteiger partial charge in [-0.15, -0.1) is 0 Å². The summed E-state index contributed by atoms with van der Waals surface area (Å²) >= 11 is 0. The lowest BCUT2D eigenvalue weighted by atomic mass is 9.96. The van der Waals surface area contributed by atoms with Gasteiger partial charge in [0.15, 0.2) is 6.17 Å². The molecule has 0 saturated carbocycles. The van der Waals surface area contributed by atoms with E-state index in [1.165, 1.54) is 16.5 Å². The first-order chi connectivity index (χ1) is 26.2. The zero-order valence-electron chi connectivity index (χ0n) is 28.8. The Hall–Kier alpha value is -7.04. The topological polar surface area (TPSA) is 49.9 Å². The molecule has 4 nitrogen and oxygen atoms in total. The fourth-order valence-corrected chi connectivity index (χ4v) is 7.45. The Morgan fingerprint density at radius 1 is 0.377 bits per heavy atom. The number of fused-ring (bicyclic) bond motifs is 4. The van der Waals surface area contributed by atoms with Crippen molar-refractivity contribution in [2.45, 2.75) is 6.17 Å². The summed E-state index contributed by atoms with van der Waals surface area (Å²) in [6.45, 7) is 0. The highest BCUT2D eigenvalue weighted by atomic mass is 16.3. The van der Waals surface area contributed by atoms with E-state index >= 15 is 0 Å². The molecule has 1 N–H and O–H groups in total. The van der Waals surface area contributed by atoms with Crippen molar-refractivity contribution in [1.29, 1.82) is 0 Å². The Labute approximate surface area is 307 Å². The highest BCUT2D eigenvalue weighted by Gasteiger charge is 2.25. The fourth-order valence-electron chi connectivity index (χ4n) is 7.45. The lowest BCUT2D eigenvalue weighted by Crippen LogP contribution is -2.36. The van der Waals surface area contributed by atoms with Crippen molar-refractivity contribution in [2.75, 3.05) is 0 Å². The monoisotopic (exact) mass is 679 g/mol. The number of furan rings is 1. The second-order valence-electron chi connectivity index (χ2n) is 13.4. The fraction of sp³-hybridized carbons (Fsp3) is 0.0204. The molecule has 0 radical (unpaired) electrons. The lowest BCUT2D eigenvalue weighted by Gasteiger charge is -2.23. The van der Waals surface area contributed by atoms with E-state index in [-0.39, 0.29) is 0 Å². The minimum absolute atomic E-state index is 0.537. The standard InChI is InChI=1S/C49H33N3O/c1-4-13-32(14-5-1)35-19-12-20-39(28-35)47-50-48(40-26-25-37-27-36(23-24-38(37)29-40)33-15-6-2-7-16-33)52-49(51-47)43-30-41(34-17-8-3-9-18-34)31-45-46(43)42-21-10-11-22-44(42)53-45/h1-31,49H,(H,50,51,52). The van der Waals surface area contributed by atoms with Crippen LogP contribution in [0.4, 0.5) is 0 Å². The van der Waals surface area contributed by atoms with Gasteiger partial charge in [0.25, 0.3) is 0 Å².